The number of anilines is 1. The molecule has 1 fully saturated rings. The highest BCUT2D eigenvalue weighted by molar-refractivity contribution is 5.95. The number of carbonyl (C=O) groups excluding carboxylic acids is 1. The molecule has 3 heterocycles. The molecule has 1 unspecified atom stereocenters. The Morgan fingerprint density at radius 3 is 2.57 bits per heavy atom. The third kappa shape index (κ3) is 6.27. The minimum atomic E-state index is -1.01. The molecular weight excluding hydrogens is 568 g/mol. The van der Waals surface area contributed by atoms with Crippen LogP contribution >= 0.6 is 0 Å². The molecule has 2 aliphatic rings. The van der Waals surface area contributed by atoms with Gasteiger partial charge in [-0.05, 0) is 48.2 Å². The Kier molecular flexibility index (Phi) is 9.50. The van der Waals surface area contributed by atoms with Gasteiger partial charge in [-0.3, -0.25) is 19.1 Å². The molecule has 0 saturated carbocycles. The maximum atomic E-state index is 14.0. The molecule has 1 amide bonds. The van der Waals surface area contributed by atoms with Gasteiger partial charge in [-0.2, -0.15) is 0 Å². The molecule has 5 N–H and O–H groups in total. The molecule has 0 bridgehead atoms. The van der Waals surface area contributed by atoms with Crippen LogP contribution in [0.3, 0.4) is 0 Å². The number of nitrogens with two attached hydrogens (primary N) is 1. The SMILES string of the molecule is CCCCN(C(=O)CN1C[C@H](c2cc(OC)c3c(c2)OCO3)C(C(=O)O)[C@@H]1CCn1c(O)ccc1O)c1cccc(CN)c1. The van der Waals surface area contributed by atoms with Gasteiger partial charge in [0, 0.05) is 56.0 Å². The van der Waals surface area contributed by atoms with Crippen molar-refractivity contribution in [3.8, 4) is 29.0 Å². The number of rotatable bonds is 13. The van der Waals surface area contributed by atoms with E-state index in [2.05, 4.69) is 6.92 Å². The van der Waals surface area contributed by atoms with Crippen LogP contribution in [0.4, 0.5) is 5.69 Å². The number of ether oxygens (including phenoxy) is 3. The first-order valence-electron chi connectivity index (χ1n) is 14.9. The lowest BCUT2D eigenvalue weighted by Crippen LogP contribution is -2.45. The summed E-state index contributed by atoms with van der Waals surface area (Å²) in [5, 5.41) is 31.1. The second-order valence-corrected chi connectivity index (χ2v) is 11.2. The molecule has 5 rings (SSSR count). The number of aromatic nitrogens is 1. The van der Waals surface area contributed by atoms with Crippen LogP contribution < -0.4 is 24.8 Å². The van der Waals surface area contributed by atoms with Gasteiger partial charge < -0.3 is 40.2 Å². The number of hydrogen-bond donors (Lipinski definition) is 4. The molecule has 1 saturated heterocycles. The van der Waals surface area contributed by atoms with Crippen molar-refractivity contribution in [2.75, 3.05) is 38.4 Å². The van der Waals surface area contributed by atoms with Crippen LogP contribution in [-0.4, -0.2) is 76.2 Å². The maximum Gasteiger partial charge on any atom is 0.308 e. The molecule has 0 radical (unpaired) electrons. The molecule has 2 aliphatic heterocycles. The standard InChI is InChI=1S/C32H40N4O8/c1-3-4-11-35(22-7-5-6-20(13-22)16-33)29(39)18-34-17-23(21-14-25(42-2)31-26(15-21)43-19-44-31)30(32(40)41)24(34)10-12-36-27(37)8-9-28(36)38/h5-9,13-15,23-24,30,37-38H,3-4,10-12,16-19,33H2,1-2H3,(H,40,41)/t23-,24+,30?/m1/s1. The van der Waals surface area contributed by atoms with Gasteiger partial charge in [0.2, 0.25) is 18.4 Å². The first-order chi connectivity index (χ1) is 21.2. The van der Waals surface area contributed by atoms with Crippen molar-refractivity contribution in [2.45, 2.75) is 51.2 Å². The van der Waals surface area contributed by atoms with E-state index in [0.29, 0.717) is 35.9 Å². The number of aromatic hydroxyl groups is 2. The lowest BCUT2D eigenvalue weighted by molar-refractivity contribution is -0.143. The number of nitrogens with zero attached hydrogens (tertiary/aromatic N) is 3. The van der Waals surface area contributed by atoms with Crippen LogP contribution in [0.5, 0.6) is 29.0 Å². The van der Waals surface area contributed by atoms with Crippen molar-refractivity contribution in [2.24, 2.45) is 11.7 Å². The van der Waals surface area contributed by atoms with Gasteiger partial charge in [0.15, 0.2) is 23.3 Å². The van der Waals surface area contributed by atoms with Crippen LogP contribution in [0.15, 0.2) is 48.5 Å². The summed E-state index contributed by atoms with van der Waals surface area (Å²) in [7, 11) is 1.51. The van der Waals surface area contributed by atoms with E-state index in [1.807, 2.05) is 29.2 Å². The van der Waals surface area contributed by atoms with E-state index >= 15 is 0 Å². The number of fused-ring (bicyclic) bond motifs is 1. The molecular formula is C32H40N4O8. The van der Waals surface area contributed by atoms with E-state index in [1.165, 1.54) is 23.8 Å². The van der Waals surface area contributed by atoms with Crippen LogP contribution in [0, 0.1) is 5.92 Å². The van der Waals surface area contributed by atoms with Gasteiger partial charge in [-0.1, -0.05) is 25.5 Å². The molecule has 236 valence electrons. The van der Waals surface area contributed by atoms with Crippen LogP contribution in [0.1, 0.15) is 43.2 Å². The Morgan fingerprint density at radius 2 is 1.89 bits per heavy atom. The average Bonchev–Trinajstić information content (AvgIpc) is 3.73. The minimum Gasteiger partial charge on any atom is -0.494 e. The molecule has 3 atom stereocenters. The van der Waals surface area contributed by atoms with Crippen LogP contribution in [0.25, 0.3) is 0 Å². The summed E-state index contributed by atoms with van der Waals surface area (Å²) in [6.45, 7) is 3.36. The molecule has 2 aromatic carbocycles. The highest BCUT2D eigenvalue weighted by Gasteiger charge is 2.47. The van der Waals surface area contributed by atoms with Crippen molar-refractivity contribution in [3.63, 3.8) is 0 Å². The highest BCUT2D eigenvalue weighted by Crippen LogP contribution is 2.47. The van der Waals surface area contributed by atoms with E-state index < -0.39 is 23.8 Å². The third-order valence-corrected chi connectivity index (χ3v) is 8.56. The predicted octanol–water partition coefficient (Wildman–Crippen LogP) is 3.49. The van der Waals surface area contributed by atoms with Crippen LogP contribution in [0.2, 0.25) is 0 Å². The number of benzene rings is 2. The fourth-order valence-corrected chi connectivity index (χ4v) is 6.32. The Hall–Kier alpha value is -4.42. The highest BCUT2D eigenvalue weighted by atomic mass is 16.7. The minimum absolute atomic E-state index is 0.0210. The first-order valence-corrected chi connectivity index (χ1v) is 14.9. The number of carboxylic acid groups (broad SMARTS) is 1. The molecule has 12 nitrogen and oxygen atoms in total. The van der Waals surface area contributed by atoms with Crippen molar-refractivity contribution < 1.29 is 39.1 Å². The molecule has 0 spiro atoms. The van der Waals surface area contributed by atoms with Crippen molar-refractivity contribution >= 4 is 17.6 Å². The Balaban J connectivity index is 1.49. The van der Waals surface area contributed by atoms with Crippen molar-refractivity contribution in [1.29, 1.82) is 0 Å². The van der Waals surface area contributed by atoms with E-state index in [1.54, 1.807) is 17.0 Å². The van der Waals surface area contributed by atoms with E-state index in [0.717, 1.165) is 24.1 Å². The van der Waals surface area contributed by atoms with E-state index in [-0.39, 0.29) is 50.5 Å². The zero-order valence-corrected chi connectivity index (χ0v) is 25.0. The molecule has 44 heavy (non-hydrogen) atoms. The summed E-state index contributed by atoms with van der Waals surface area (Å²) >= 11 is 0. The summed E-state index contributed by atoms with van der Waals surface area (Å²) < 4.78 is 18.0. The van der Waals surface area contributed by atoms with E-state index in [9.17, 15) is 24.9 Å². The fourth-order valence-electron chi connectivity index (χ4n) is 6.32. The van der Waals surface area contributed by atoms with Gasteiger partial charge in [0.05, 0.1) is 19.6 Å². The predicted molar refractivity (Wildman–Crippen MR) is 162 cm³/mol. The Bertz CT molecular complexity index is 1470. The first kappa shape index (κ1) is 31.0. The van der Waals surface area contributed by atoms with Gasteiger partial charge in [-0.15, -0.1) is 0 Å². The topological polar surface area (TPSA) is 160 Å². The van der Waals surface area contributed by atoms with Gasteiger partial charge in [0.1, 0.15) is 0 Å². The number of unbranched alkanes of at least 4 members (excludes halogenated alkanes) is 1. The summed E-state index contributed by atoms with van der Waals surface area (Å²) in [6, 6.07) is 13.3. The maximum absolute atomic E-state index is 14.0. The molecule has 0 aliphatic carbocycles. The Labute approximate surface area is 256 Å². The number of hydrogen-bond acceptors (Lipinski definition) is 9. The summed E-state index contributed by atoms with van der Waals surface area (Å²) in [6.07, 6.45) is 1.95. The number of aliphatic carboxylic acids is 1. The summed E-state index contributed by atoms with van der Waals surface area (Å²) in [5.74, 6) is -1.45. The van der Waals surface area contributed by atoms with E-state index in [4.69, 9.17) is 19.9 Å². The quantitative estimate of drug-likeness (QED) is 0.226. The lowest BCUT2D eigenvalue weighted by atomic mass is 9.84. The Morgan fingerprint density at radius 1 is 1.11 bits per heavy atom. The van der Waals surface area contributed by atoms with Gasteiger partial charge >= 0.3 is 5.97 Å². The number of likely N-dealkylation sites (tertiary alicyclic amines) is 1. The van der Waals surface area contributed by atoms with Crippen LogP contribution in [-0.2, 0) is 22.7 Å². The molecule has 1 aromatic heterocycles. The van der Waals surface area contributed by atoms with Gasteiger partial charge in [0.25, 0.3) is 0 Å². The fraction of sp³-hybridized carbons (Fsp3) is 0.438. The van der Waals surface area contributed by atoms with Gasteiger partial charge in [-0.25, -0.2) is 0 Å². The second kappa shape index (κ2) is 13.5. The monoisotopic (exact) mass is 608 g/mol. The second-order valence-electron chi connectivity index (χ2n) is 11.2. The zero-order valence-electron chi connectivity index (χ0n) is 25.0. The summed E-state index contributed by atoms with van der Waals surface area (Å²) in [4.78, 5) is 30.6. The smallest absolute Gasteiger partial charge is 0.308 e. The number of methoxy groups -OCH3 is 1. The molecule has 3 aromatic rings. The third-order valence-electron chi connectivity index (χ3n) is 8.56. The van der Waals surface area contributed by atoms with Crippen molar-refractivity contribution in [3.05, 3.63) is 59.7 Å². The normalized spacial score (nSPS) is 19.3. The summed E-state index contributed by atoms with van der Waals surface area (Å²) in [5.41, 5.74) is 8.23. The van der Waals surface area contributed by atoms with Crippen molar-refractivity contribution in [1.82, 2.24) is 9.47 Å². The average molecular weight is 609 g/mol. The largest absolute Gasteiger partial charge is 0.494 e. The zero-order chi connectivity index (χ0) is 31.4. The lowest BCUT2D eigenvalue weighted by Gasteiger charge is -2.30. The number of carbonyl (C=O) groups is 2. The number of carboxylic acids is 1. The number of amides is 1. The molecule has 12 heteroatoms.